The minimum absolute atomic E-state index is 0.0130. The first kappa shape index (κ1) is 21.4. The fourth-order valence-corrected chi connectivity index (χ4v) is 3.76. The maximum atomic E-state index is 12.7. The number of benzene rings is 1. The van der Waals surface area contributed by atoms with Crippen LogP contribution in [-0.4, -0.2) is 49.2 Å². The van der Waals surface area contributed by atoms with Crippen LogP contribution in [0.2, 0.25) is 0 Å². The van der Waals surface area contributed by atoms with E-state index >= 15 is 0 Å². The van der Waals surface area contributed by atoms with Crippen LogP contribution in [0.3, 0.4) is 0 Å². The second-order valence-electron chi connectivity index (χ2n) is 7.80. The molecule has 10 nitrogen and oxygen atoms in total. The van der Waals surface area contributed by atoms with E-state index in [1.54, 1.807) is 11.0 Å². The van der Waals surface area contributed by atoms with Crippen molar-refractivity contribution in [3.63, 3.8) is 0 Å². The number of nitrogens with zero attached hydrogens (tertiary/aromatic N) is 3. The van der Waals surface area contributed by atoms with Crippen LogP contribution in [0, 0.1) is 13.8 Å². The number of pyridine rings is 1. The lowest BCUT2D eigenvalue weighted by molar-refractivity contribution is 0.0783. The zero-order chi connectivity index (χ0) is 22.8. The van der Waals surface area contributed by atoms with Gasteiger partial charge in [0.05, 0.1) is 0 Å². The van der Waals surface area contributed by atoms with E-state index in [-0.39, 0.29) is 42.0 Å². The topological polar surface area (TPSA) is 142 Å². The van der Waals surface area contributed by atoms with Crippen molar-refractivity contribution < 1.29 is 24.3 Å². The molecule has 0 unspecified atom stereocenters. The third-order valence-electron chi connectivity index (χ3n) is 5.70. The van der Waals surface area contributed by atoms with Crippen LogP contribution in [0.5, 0.6) is 17.2 Å². The van der Waals surface area contributed by atoms with Crippen molar-refractivity contribution in [1.82, 2.24) is 20.0 Å². The Labute approximate surface area is 183 Å². The summed E-state index contributed by atoms with van der Waals surface area (Å²) in [4.78, 5) is 32.2. The molecule has 10 heteroatoms. The normalized spacial score (nSPS) is 13.5. The zero-order valence-corrected chi connectivity index (χ0v) is 17.8. The predicted octanol–water partition coefficient (Wildman–Crippen LogP) is 2.19. The van der Waals surface area contributed by atoms with E-state index in [2.05, 4.69) is 19.6 Å². The van der Waals surface area contributed by atoms with Gasteiger partial charge in [-0.1, -0.05) is 5.16 Å². The molecule has 3 N–H and O–H groups in total. The van der Waals surface area contributed by atoms with Crippen LogP contribution in [0.1, 0.15) is 51.5 Å². The Morgan fingerprint density at radius 1 is 1.19 bits per heavy atom. The molecule has 3 aromatic rings. The Morgan fingerprint density at radius 3 is 2.62 bits per heavy atom. The number of hydrogen-bond donors (Lipinski definition) is 3. The first-order valence-corrected chi connectivity index (χ1v) is 10.3. The van der Waals surface area contributed by atoms with Gasteiger partial charge in [0, 0.05) is 36.8 Å². The molecule has 4 rings (SSSR count). The standard InChI is InChI=1S/C22H24N4O6/c1-12-13(2)18(31-11-19-24-22(30)32-25-19)10-17(28)15(12)9-14-5-6-16(27)20(23-14)21(29)26-7-3-4-8-26/h5-6,10,27-28H,3-4,7-9,11H2,1-2H3,(H,24,25,30). The molecular weight excluding hydrogens is 416 g/mol. The van der Waals surface area contributed by atoms with E-state index in [1.807, 2.05) is 13.8 Å². The summed E-state index contributed by atoms with van der Waals surface area (Å²) < 4.78 is 10.1. The number of aromatic hydroxyl groups is 2. The first-order chi connectivity index (χ1) is 15.3. The minimum atomic E-state index is -0.668. The minimum Gasteiger partial charge on any atom is -0.508 e. The van der Waals surface area contributed by atoms with E-state index < -0.39 is 5.76 Å². The third-order valence-corrected chi connectivity index (χ3v) is 5.70. The molecule has 32 heavy (non-hydrogen) atoms. The van der Waals surface area contributed by atoms with Gasteiger partial charge in [0.25, 0.3) is 5.91 Å². The molecule has 1 aromatic carbocycles. The second kappa shape index (κ2) is 8.74. The molecule has 168 valence electrons. The Kier molecular flexibility index (Phi) is 5.85. The van der Waals surface area contributed by atoms with E-state index in [4.69, 9.17) is 4.74 Å². The lowest BCUT2D eigenvalue weighted by Gasteiger charge is -2.17. The van der Waals surface area contributed by atoms with Gasteiger partial charge >= 0.3 is 5.76 Å². The van der Waals surface area contributed by atoms with Gasteiger partial charge in [-0.05, 0) is 49.9 Å². The van der Waals surface area contributed by atoms with Crippen molar-refractivity contribution >= 4 is 5.91 Å². The molecule has 1 aliphatic rings. The number of rotatable bonds is 6. The number of aromatic nitrogens is 3. The Bertz CT molecular complexity index is 1210. The number of H-pyrrole nitrogens is 1. The molecule has 0 aliphatic carbocycles. The number of nitrogens with one attached hydrogen (secondary N) is 1. The second-order valence-corrected chi connectivity index (χ2v) is 7.80. The van der Waals surface area contributed by atoms with Crippen LogP contribution >= 0.6 is 0 Å². The molecule has 3 heterocycles. The van der Waals surface area contributed by atoms with Gasteiger partial charge in [0.2, 0.25) is 0 Å². The van der Waals surface area contributed by atoms with Gasteiger partial charge in [0.1, 0.15) is 23.9 Å². The highest BCUT2D eigenvalue weighted by Gasteiger charge is 2.24. The SMILES string of the molecule is Cc1c(OCc2noc(=O)[nH]2)cc(O)c(Cc2ccc(O)c(C(=O)N3CCCC3)n2)c1C. The summed E-state index contributed by atoms with van der Waals surface area (Å²) in [7, 11) is 0. The summed E-state index contributed by atoms with van der Waals surface area (Å²) >= 11 is 0. The van der Waals surface area contributed by atoms with Crippen LogP contribution in [-0.2, 0) is 13.0 Å². The molecule has 1 aliphatic heterocycles. The summed E-state index contributed by atoms with van der Waals surface area (Å²) in [5.74, 6) is -0.418. The molecule has 0 atom stereocenters. The van der Waals surface area contributed by atoms with Gasteiger partial charge in [-0.2, -0.15) is 0 Å². The van der Waals surface area contributed by atoms with Crippen molar-refractivity contribution in [2.24, 2.45) is 0 Å². The van der Waals surface area contributed by atoms with Crippen molar-refractivity contribution in [1.29, 1.82) is 0 Å². The van der Waals surface area contributed by atoms with E-state index in [9.17, 15) is 19.8 Å². The lowest BCUT2D eigenvalue weighted by atomic mass is 9.97. The molecule has 0 bridgehead atoms. The number of ether oxygens (including phenoxy) is 1. The number of amides is 1. The monoisotopic (exact) mass is 440 g/mol. The molecule has 0 radical (unpaired) electrons. The molecular formula is C22H24N4O6. The number of carbonyl (C=O) groups excluding carboxylic acids is 1. The fraction of sp³-hybridized carbons (Fsp3) is 0.364. The van der Waals surface area contributed by atoms with Gasteiger partial charge in [-0.15, -0.1) is 0 Å². The Balaban J connectivity index is 1.56. The number of carbonyl (C=O) groups is 1. The van der Waals surface area contributed by atoms with Crippen LogP contribution < -0.4 is 10.5 Å². The van der Waals surface area contributed by atoms with Gasteiger partial charge in [0.15, 0.2) is 11.5 Å². The largest absolute Gasteiger partial charge is 0.508 e. The number of phenols is 1. The quantitative estimate of drug-likeness (QED) is 0.530. The fourth-order valence-electron chi connectivity index (χ4n) is 3.76. The molecule has 1 amide bonds. The Hall–Kier alpha value is -3.82. The Morgan fingerprint density at radius 2 is 1.94 bits per heavy atom. The van der Waals surface area contributed by atoms with E-state index in [0.29, 0.717) is 30.1 Å². The van der Waals surface area contributed by atoms with Crippen LogP contribution in [0.4, 0.5) is 0 Å². The van der Waals surface area contributed by atoms with Crippen molar-refractivity contribution in [3.8, 4) is 17.2 Å². The smallest absolute Gasteiger partial charge is 0.439 e. The summed E-state index contributed by atoms with van der Waals surface area (Å²) in [5.41, 5.74) is 2.82. The number of phenolic OH excluding ortho intramolecular Hbond substituents is 1. The number of aromatic amines is 1. The van der Waals surface area contributed by atoms with Crippen molar-refractivity contribution in [2.75, 3.05) is 13.1 Å². The maximum Gasteiger partial charge on any atom is 0.439 e. The lowest BCUT2D eigenvalue weighted by Crippen LogP contribution is -2.28. The van der Waals surface area contributed by atoms with Crippen LogP contribution in [0.25, 0.3) is 0 Å². The van der Waals surface area contributed by atoms with Crippen molar-refractivity contribution in [2.45, 2.75) is 39.7 Å². The molecule has 1 fully saturated rings. The molecule has 1 saturated heterocycles. The number of likely N-dealkylation sites (tertiary alicyclic amines) is 1. The summed E-state index contributed by atoms with van der Waals surface area (Å²) in [6.45, 7) is 5.00. The number of hydrogen-bond acceptors (Lipinski definition) is 8. The van der Waals surface area contributed by atoms with Gasteiger partial charge < -0.3 is 19.8 Å². The van der Waals surface area contributed by atoms with Crippen LogP contribution in [0.15, 0.2) is 27.5 Å². The highest BCUT2D eigenvalue weighted by Crippen LogP contribution is 2.34. The average molecular weight is 440 g/mol. The average Bonchev–Trinajstić information content (AvgIpc) is 3.45. The summed E-state index contributed by atoms with van der Waals surface area (Å²) in [6.07, 6.45) is 2.16. The first-order valence-electron chi connectivity index (χ1n) is 10.3. The summed E-state index contributed by atoms with van der Waals surface area (Å²) in [5, 5.41) is 24.4. The predicted molar refractivity (Wildman–Crippen MR) is 113 cm³/mol. The highest BCUT2D eigenvalue weighted by atomic mass is 16.5. The highest BCUT2D eigenvalue weighted by molar-refractivity contribution is 5.95. The van der Waals surface area contributed by atoms with E-state index in [1.165, 1.54) is 12.1 Å². The third kappa shape index (κ3) is 4.29. The zero-order valence-electron chi connectivity index (χ0n) is 17.8. The maximum absolute atomic E-state index is 12.7. The van der Waals surface area contributed by atoms with E-state index in [0.717, 1.165) is 24.0 Å². The molecule has 0 spiro atoms. The molecule has 2 aromatic heterocycles. The van der Waals surface area contributed by atoms with Gasteiger partial charge in [-0.25, -0.2) is 9.78 Å². The molecule has 0 saturated carbocycles. The van der Waals surface area contributed by atoms with Gasteiger partial charge in [-0.3, -0.25) is 14.3 Å². The summed E-state index contributed by atoms with van der Waals surface area (Å²) in [6, 6.07) is 4.59. The van der Waals surface area contributed by atoms with Crippen molar-refractivity contribution in [3.05, 3.63) is 62.7 Å².